The number of halogens is 1. The van der Waals surface area contributed by atoms with Crippen molar-refractivity contribution in [1.29, 1.82) is 0 Å². The highest BCUT2D eigenvalue weighted by atomic mass is 19.1. The molecule has 2 rings (SSSR count). The fourth-order valence-electron chi connectivity index (χ4n) is 1.62. The fraction of sp³-hybridized carbons (Fsp3) is 0.500. The van der Waals surface area contributed by atoms with Crippen LogP contribution in [0.2, 0.25) is 0 Å². The lowest BCUT2D eigenvalue weighted by atomic mass is 10.0. The Labute approximate surface area is 76.7 Å². The largest absolute Gasteiger partial charge is 0.374 e. The van der Waals surface area contributed by atoms with Gasteiger partial charge in [-0.2, -0.15) is 4.39 Å². The molecule has 0 amide bonds. The molecule has 2 heterocycles. The quantitative estimate of drug-likeness (QED) is 0.621. The highest BCUT2D eigenvalue weighted by molar-refractivity contribution is 5.14. The minimum atomic E-state index is -0.424. The van der Waals surface area contributed by atoms with E-state index < -0.39 is 5.95 Å². The van der Waals surface area contributed by atoms with E-state index in [9.17, 15) is 4.39 Å². The van der Waals surface area contributed by atoms with Crippen molar-refractivity contribution >= 4 is 0 Å². The molecule has 1 unspecified atom stereocenters. The molecule has 0 aliphatic carbocycles. The summed E-state index contributed by atoms with van der Waals surface area (Å²) in [5, 5.41) is 0. The molecule has 70 valence electrons. The molecule has 1 aliphatic rings. The van der Waals surface area contributed by atoms with Crippen LogP contribution < -0.4 is 0 Å². The van der Waals surface area contributed by atoms with Crippen LogP contribution in [0.25, 0.3) is 0 Å². The molecule has 1 fully saturated rings. The summed E-state index contributed by atoms with van der Waals surface area (Å²) in [4.78, 5) is 3.51. The maximum Gasteiger partial charge on any atom is 0.213 e. The number of hydrogen-bond donors (Lipinski definition) is 0. The fourth-order valence-corrected chi connectivity index (χ4v) is 1.62. The normalized spacial score (nSPS) is 23.0. The molecule has 1 atom stereocenters. The van der Waals surface area contributed by atoms with Crippen molar-refractivity contribution in [3.63, 3.8) is 0 Å². The smallest absolute Gasteiger partial charge is 0.213 e. The van der Waals surface area contributed by atoms with E-state index in [1.165, 1.54) is 12.3 Å². The van der Waals surface area contributed by atoms with Gasteiger partial charge in [0.25, 0.3) is 0 Å². The number of nitrogens with zero attached hydrogens (tertiary/aromatic N) is 1. The molecule has 2 nitrogen and oxygen atoms in total. The highest BCUT2D eigenvalue weighted by Gasteiger charge is 2.16. The topological polar surface area (TPSA) is 22.1 Å². The predicted octanol–water partition coefficient (Wildman–Crippen LogP) is 2.46. The summed E-state index contributed by atoms with van der Waals surface area (Å²) < 4.78 is 18.3. The zero-order valence-corrected chi connectivity index (χ0v) is 7.37. The summed E-state index contributed by atoms with van der Waals surface area (Å²) in [5.41, 5.74) is 0.909. The van der Waals surface area contributed by atoms with Crippen molar-refractivity contribution in [2.75, 3.05) is 6.61 Å². The second kappa shape index (κ2) is 3.83. The molecule has 1 aromatic heterocycles. The van der Waals surface area contributed by atoms with Crippen LogP contribution in [-0.4, -0.2) is 11.6 Å². The van der Waals surface area contributed by atoms with Gasteiger partial charge in [0.2, 0.25) is 5.95 Å². The van der Waals surface area contributed by atoms with Crippen molar-refractivity contribution in [3.8, 4) is 0 Å². The van der Waals surface area contributed by atoms with Crippen LogP contribution in [0.3, 0.4) is 0 Å². The van der Waals surface area contributed by atoms with Gasteiger partial charge in [0.15, 0.2) is 0 Å². The third kappa shape index (κ3) is 2.04. The molecule has 0 saturated carbocycles. The standard InChI is InChI=1S/C10H12FNO/c11-10-7-8(4-5-12-10)9-3-1-2-6-13-9/h4-5,7,9H,1-3,6H2. The highest BCUT2D eigenvalue weighted by Crippen LogP contribution is 2.27. The monoisotopic (exact) mass is 181 g/mol. The molecule has 1 aromatic rings. The summed E-state index contributed by atoms with van der Waals surface area (Å²) >= 11 is 0. The van der Waals surface area contributed by atoms with E-state index in [4.69, 9.17) is 4.74 Å². The van der Waals surface area contributed by atoms with E-state index in [0.717, 1.165) is 31.4 Å². The third-order valence-corrected chi connectivity index (χ3v) is 2.30. The summed E-state index contributed by atoms with van der Waals surface area (Å²) in [6, 6.07) is 3.27. The van der Waals surface area contributed by atoms with Crippen molar-refractivity contribution < 1.29 is 9.13 Å². The van der Waals surface area contributed by atoms with Gasteiger partial charge in [-0.15, -0.1) is 0 Å². The van der Waals surface area contributed by atoms with Crippen LogP contribution in [0.4, 0.5) is 4.39 Å². The first-order chi connectivity index (χ1) is 6.36. The molecule has 0 bridgehead atoms. The van der Waals surface area contributed by atoms with E-state index in [2.05, 4.69) is 4.98 Å². The van der Waals surface area contributed by atoms with Crippen LogP contribution in [0, 0.1) is 5.95 Å². The summed E-state index contributed by atoms with van der Waals surface area (Å²) in [6.45, 7) is 0.786. The van der Waals surface area contributed by atoms with Gasteiger partial charge in [-0.1, -0.05) is 0 Å². The molecule has 1 aliphatic heterocycles. The maximum atomic E-state index is 12.8. The van der Waals surface area contributed by atoms with Crippen molar-refractivity contribution in [2.45, 2.75) is 25.4 Å². The first-order valence-corrected chi connectivity index (χ1v) is 4.59. The van der Waals surface area contributed by atoms with Crippen molar-refractivity contribution in [1.82, 2.24) is 4.98 Å². The zero-order valence-electron chi connectivity index (χ0n) is 7.37. The summed E-state index contributed by atoms with van der Waals surface area (Å²) in [7, 11) is 0. The van der Waals surface area contributed by atoms with Crippen LogP contribution in [0.15, 0.2) is 18.3 Å². The van der Waals surface area contributed by atoms with Crippen LogP contribution >= 0.6 is 0 Å². The third-order valence-electron chi connectivity index (χ3n) is 2.30. The lowest BCUT2D eigenvalue weighted by Gasteiger charge is -2.22. The molecular weight excluding hydrogens is 169 g/mol. The Hall–Kier alpha value is -0.960. The summed E-state index contributed by atoms with van der Waals surface area (Å²) in [6.07, 6.45) is 4.83. The molecule has 0 spiro atoms. The Balaban J connectivity index is 2.14. The van der Waals surface area contributed by atoms with E-state index >= 15 is 0 Å². The number of ether oxygens (including phenoxy) is 1. The van der Waals surface area contributed by atoms with Crippen molar-refractivity contribution in [3.05, 3.63) is 29.8 Å². The van der Waals surface area contributed by atoms with Crippen LogP contribution in [-0.2, 0) is 4.74 Å². The second-order valence-electron chi connectivity index (χ2n) is 3.27. The molecule has 1 saturated heterocycles. The molecule has 0 radical (unpaired) electrons. The van der Waals surface area contributed by atoms with E-state index in [1.54, 1.807) is 0 Å². The van der Waals surface area contributed by atoms with Gasteiger partial charge in [-0.25, -0.2) is 4.98 Å². The molecular formula is C10H12FNO. The Bertz CT molecular complexity index is 284. The van der Waals surface area contributed by atoms with Gasteiger partial charge >= 0.3 is 0 Å². The van der Waals surface area contributed by atoms with Gasteiger partial charge in [0.1, 0.15) is 0 Å². The Morgan fingerprint density at radius 3 is 3.08 bits per heavy atom. The van der Waals surface area contributed by atoms with Crippen LogP contribution in [0.5, 0.6) is 0 Å². The number of hydrogen-bond acceptors (Lipinski definition) is 2. The first-order valence-electron chi connectivity index (χ1n) is 4.59. The predicted molar refractivity (Wildman–Crippen MR) is 46.7 cm³/mol. The number of rotatable bonds is 1. The molecule has 13 heavy (non-hydrogen) atoms. The first kappa shape index (κ1) is 8.63. The molecule has 0 N–H and O–H groups in total. The number of pyridine rings is 1. The average molecular weight is 181 g/mol. The zero-order chi connectivity index (χ0) is 9.10. The van der Waals surface area contributed by atoms with E-state index in [1.807, 2.05) is 6.07 Å². The van der Waals surface area contributed by atoms with Gasteiger partial charge in [-0.05, 0) is 37.0 Å². The molecule has 3 heteroatoms. The van der Waals surface area contributed by atoms with Crippen LogP contribution in [0.1, 0.15) is 30.9 Å². The van der Waals surface area contributed by atoms with Gasteiger partial charge in [-0.3, -0.25) is 0 Å². The van der Waals surface area contributed by atoms with Gasteiger partial charge in [0, 0.05) is 12.8 Å². The van der Waals surface area contributed by atoms with Gasteiger partial charge in [0.05, 0.1) is 6.10 Å². The SMILES string of the molecule is Fc1cc(C2CCCCO2)ccn1. The second-order valence-corrected chi connectivity index (χ2v) is 3.27. The van der Waals surface area contributed by atoms with Gasteiger partial charge < -0.3 is 4.74 Å². The lowest BCUT2D eigenvalue weighted by molar-refractivity contribution is 0.0147. The maximum absolute atomic E-state index is 12.8. The minimum Gasteiger partial charge on any atom is -0.374 e. The lowest BCUT2D eigenvalue weighted by Crippen LogP contribution is -2.11. The molecule has 0 aromatic carbocycles. The Morgan fingerprint density at radius 1 is 1.46 bits per heavy atom. The number of aromatic nitrogens is 1. The average Bonchev–Trinajstić information content (AvgIpc) is 2.19. The Kier molecular flexibility index (Phi) is 2.54. The van der Waals surface area contributed by atoms with Crippen molar-refractivity contribution in [2.24, 2.45) is 0 Å². The van der Waals surface area contributed by atoms with E-state index in [-0.39, 0.29) is 6.10 Å². The van der Waals surface area contributed by atoms with E-state index in [0.29, 0.717) is 0 Å². The summed E-state index contributed by atoms with van der Waals surface area (Å²) in [5.74, 6) is -0.424. The Morgan fingerprint density at radius 2 is 2.38 bits per heavy atom. The minimum absolute atomic E-state index is 0.0752.